The lowest BCUT2D eigenvalue weighted by molar-refractivity contribution is -0.148. The molecule has 4 heteroatoms. The summed E-state index contributed by atoms with van der Waals surface area (Å²) in [5.74, 6) is 1.16. The van der Waals surface area contributed by atoms with Crippen molar-refractivity contribution in [3.8, 4) is 11.5 Å². The Hall–Kier alpha value is -1.71. The minimum absolute atomic E-state index is 0.104. The van der Waals surface area contributed by atoms with Crippen LogP contribution < -0.4 is 9.47 Å². The fourth-order valence-corrected chi connectivity index (χ4v) is 1.50. The maximum Gasteiger partial charge on any atom is 0.308 e. The maximum absolute atomic E-state index is 11.3. The third-order valence-electron chi connectivity index (χ3n) is 2.46. The molecule has 0 spiro atoms. The highest BCUT2D eigenvalue weighted by Gasteiger charge is 2.13. The minimum Gasteiger partial charge on any atom is -0.486 e. The minimum atomic E-state index is -0.195. The van der Waals surface area contributed by atoms with Crippen molar-refractivity contribution in [3.63, 3.8) is 0 Å². The Bertz CT molecular complexity index is 412. The summed E-state index contributed by atoms with van der Waals surface area (Å²) in [7, 11) is 0. The smallest absolute Gasteiger partial charge is 0.308 e. The van der Waals surface area contributed by atoms with Crippen LogP contribution in [-0.2, 0) is 16.1 Å². The summed E-state index contributed by atoms with van der Waals surface area (Å²) in [6.45, 7) is 5.03. The number of rotatable bonds is 3. The van der Waals surface area contributed by atoms with E-state index in [1.165, 1.54) is 0 Å². The summed E-state index contributed by atoms with van der Waals surface area (Å²) in [4.78, 5) is 11.3. The van der Waals surface area contributed by atoms with Crippen molar-refractivity contribution < 1.29 is 19.0 Å². The molecule has 1 aliphatic rings. The Morgan fingerprint density at radius 2 is 2.00 bits per heavy atom. The molecule has 0 unspecified atom stereocenters. The third-order valence-corrected chi connectivity index (χ3v) is 2.46. The second-order valence-corrected chi connectivity index (χ2v) is 4.24. The van der Waals surface area contributed by atoms with Gasteiger partial charge in [0.25, 0.3) is 0 Å². The largest absolute Gasteiger partial charge is 0.486 e. The van der Waals surface area contributed by atoms with E-state index in [0.717, 1.165) is 11.3 Å². The van der Waals surface area contributed by atoms with E-state index >= 15 is 0 Å². The molecule has 0 N–H and O–H groups in total. The van der Waals surface area contributed by atoms with Gasteiger partial charge in [0.1, 0.15) is 19.8 Å². The number of benzene rings is 1. The van der Waals surface area contributed by atoms with E-state index in [0.29, 0.717) is 19.0 Å². The van der Waals surface area contributed by atoms with Gasteiger partial charge in [-0.25, -0.2) is 0 Å². The molecule has 1 aromatic carbocycles. The highest BCUT2D eigenvalue weighted by molar-refractivity contribution is 5.71. The van der Waals surface area contributed by atoms with Crippen molar-refractivity contribution in [2.45, 2.75) is 20.5 Å². The lowest BCUT2D eigenvalue weighted by Crippen LogP contribution is -2.16. The van der Waals surface area contributed by atoms with Gasteiger partial charge in [-0.05, 0) is 17.7 Å². The molecule has 0 radical (unpaired) electrons. The molecule has 0 aromatic heterocycles. The first kappa shape index (κ1) is 11.8. The van der Waals surface area contributed by atoms with Crippen LogP contribution in [0.4, 0.5) is 0 Å². The van der Waals surface area contributed by atoms with Gasteiger partial charge in [-0.3, -0.25) is 4.79 Å². The fourth-order valence-electron chi connectivity index (χ4n) is 1.50. The molecule has 0 atom stereocenters. The normalized spacial score (nSPS) is 13.6. The van der Waals surface area contributed by atoms with Gasteiger partial charge in [-0.15, -0.1) is 0 Å². The standard InChI is InChI=1S/C13H16O4/c1-9(2)13(14)17-8-10-3-4-11-12(7-10)16-6-5-15-11/h3-4,7,9H,5-6,8H2,1-2H3. The molecule has 0 fully saturated rings. The summed E-state index contributed by atoms with van der Waals surface area (Å²) < 4.78 is 16.0. The van der Waals surface area contributed by atoms with Crippen molar-refractivity contribution in [2.75, 3.05) is 13.2 Å². The topological polar surface area (TPSA) is 44.8 Å². The van der Waals surface area contributed by atoms with E-state index in [4.69, 9.17) is 14.2 Å². The SMILES string of the molecule is CC(C)C(=O)OCc1ccc2c(c1)OCCO2. The molecular formula is C13H16O4. The Labute approximate surface area is 100 Å². The molecule has 2 rings (SSSR count). The lowest BCUT2D eigenvalue weighted by atomic mass is 10.2. The first-order valence-electron chi connectivity index (χ1n) is 5.72. The molecule has 17 heavy (non-hydrogen) atoms. The molecular weight excluding hydrogens is 220 g/mol. The number of hydrogen-bond acceptors (Lipinski definition) is 4. The quantitative estimate of drug-likeness (QED) is 0.754. The molecule has 92 valence electrons. The number of esters is 1. The Morgan fingerprint density at radius 1 is 1.29 bits per heavy atom. The van der Waals surface area contributed by atoms with E-state index in [1.807, 2.05) is 32.0 Å². The molecule has 1 aromatic rings. The van der Waals surface area contributed by atoms with Gasteiger partial charge in [0, 0.05) is 0 Å². The Morgan fingerprint density at radius 3 is 2.71 bits per heavy atom. The number of carbonyl (C=O) groups excluding carboxylic acids is 1. The second kappa shape index (κ2) is 5.08. The molecule has 1 aliphatic heterocycles. The van der Waals surface area contributed by atoms with Gasteiger partial charge in [0.15, 0.2) is 11.5 Å². The zero-order valence-electron chi connectivity index (χ0n) is 10.1. The monoisotopic (exact) mass is 236 g/mol. The van der Waals surface area contributed by atoms with E-state index in [1.54, 1.807) is 0 Å². The van der Waals surface area contributed by atoms with Gasteiger partial charge in [-0.1, -0.05) is 19.9 Å². The zero-order valence-corrected chi connectivity index (χ0v) is 10.1. The second-order valence-electron chi connectivity index (χ2n) is 4.24. The van der Waals surface area contributed by atoms with Gasteiger partial charge in [0.2, 0.25) is 0 Å². The average molecular weight is 236 g/mol. The summed E-state index contributed by atoms with van der Waals surface area (Å²) in [5, 5.41) is 0. The average Bonchev–Trinajstić information content (AvgIpc) is 2.35. The third kappa shape index (κ3) is 2.90. The number of carbonyl (C=O) groups is 1. The van der Waals surface area contributed by atoms with E-state index < -0.39 is 0 Å². The van der Waals surface area contributed by atoms with Crippen LogP contribution in [0.15, 0.2) is 18.2 Å². The van der Waals surface area contributed by atoms with Crippen LogP contribution in [-0.4, -0.2) is 19.2 Å². The summed E-state index contributed by atoms with van der Waals surface area (Å²) >= 11 is 0. The molecule has 4 nitrogen and oxygen atoms in total. The Balaban J connectivity index is 2.00. The summed E-state index contributed by atoms with van der Waals surface area (Å²) in [5.41, 5.74) is 0.906. The molecule has 0 saturated heterocycles. The van der Waals surface area contributed by atoms with Crippen LogP contribution in [0.5, 0.6) is 11.5 Å². The predicted octanol–water partition coefficient (Wildman–Crippen LogP) is 2.16. The molecule has 0 saturated carbocycles. The van der Waals surface area contributed by atoms with Crippen molar-refractivity contribution in [1.29, 1.82) is 0 Å². The first-order valence-corrected chi connectivity index (χ1v) is 5.72. The number of hydrogen-bond donors (Lipinski definition) is 0. The van der Waals surface area contributed by atoms with Crippen molar-refractivity contribution >= 4 is 5.97 Å². The first-order chi connectivity index (χ1) is 8.16. The molecule has 1 heterocycles. The van der Waals surface area contributed by atoms with Crippen LogP contribution in [0.2, 0.25) is 0 Å². The summed E-state index contributed by atoms with van der Waals surface area (Å²) in [6, 6.07) is 5.57. The number of ether oxygens (including phenoxy) is 3. The molecule has 0 aliphatic carbocycles. The Kier molecular flexibility index (Phi) is 3.52. The van der Waals surface area contributed by atoms with Crippen LogP contribution in [0.1, 0.15) is 19.4 Å². The zero-order chi connectivity index (χ0) is 12.3. The maximum atomic E-state index is 11.3. The van der Waals surface area contributed by atoms with Crippen molar-refractivity contribution in [3.05, 3.63) is 23.8 Å². The van der Waals surface area contributed by atoms with Crippen LogP contribution in [0.3, 0.4) is 0 Å². The van der Waals surface area contributed by atoms with Crippen LogP contribution >= 0.6 is 0 Å². The van der Waals surface area contributed by atoms with Gasteiger partial charge in [-0.2, -0.15) is 0 Å². The predicted molar refractivity (Wildman–Crippen MR) is 62.1 cm³/mol. The lowest BCUT2D eigenvalue weighted by Gasteiger charge is -2.18. The van der Waals surface area contributed by atoms with Gasteiger partial charge < -0.3 is 14.2 Å². The molecule has 0 amide bonds. The highest BCUT2D eigenvalue weighted by atomic mass is 16.6. The molecule has 0 bridgehead atoms. The number of fused-ring (bicyclic) bond motifs is 1. The highest BCUT2D eigenvalue weighted by Crippen LogP contribution is 2.30. The van der Waals surface area contributed by atoms with Crippen molar-refractivity contribution in [1.82, 2.24) is 0 Å². The van der Waals surface area contributed by atoms with E-state index in [-0.39, 0.29) is 18.5 Å². The summed E-state index contributed by atoms with van der Waals surface area (Å²) in [6.07, 6.45) is 0. The van der Waals surface area contributed by atoms with Crippen LogP contribution in [0.25, 0.3) is 0 Å². The van der Waals surface area contributed by atoms with Crippen molar-refractivity contribution in [2.24, 2.45) is 5.92 Å². The fraction of sp³-hybridized carbons (Fsp3) is 0.462. The van der Waals surface area contributed by atoms with Gasteiger partial charge >= 0.3 is 5.97 Å². The van der Waals surface area contributed by atoms with E-state index in [2.05, 4.69) is 0 Å². The van der Waals surface area contributed by atoms with E-state index in [9.17, 15) is 4.79 Å². The van der Waals surface area contributed by atoms with Gasteiger partial charge in [0.05, 0.1) is 5.92 Å². The van der Waals surface area contributed by atoms with Crippen LogP contribution in [0, 0.1) is 5.92 Å².